The summed E-state index contributed by atoms with van der Waals surface area (Å²) in [6, 6.07) is 8.02. The van der Waals surface area contributed by atoms with E-state index in [4.69, 9.17) is 9.78 Å². The van der Waals surface area contributed by atoms with Crippen LogP contribution in [0, 0.1) is 0 Å². The summed E-state index contributed by atoms with van der Waals surface area (Å²) >= 11 is 0. The van der Waals surface area contributed by atoms with Crippen LogP contribution >= 0.6 is 0 Å². The molecule has 0 amide bonds. The van der Waals surface area contributed by atoms with Crippen molar-refractivity contribution in [3.05, 3.63) is 29.8 Å². The van der Waals surface area contributed by atoms with Gasteiger partial charge >= 0.3 is 0 Å². The second-order valence-corrected chi connectivity index (χ2v) is 3.62. The van der Waals surface area contributed by atoms with Gasteiger partial charge in [-0.05, 0) is 38.0 Å². The minimum absolute atomic E-state index is 0.0883. The molecule has 0 aliphatic heterocycles. The van der Waals surface area contributed by atoms with Crippen molar-refractivity contribution in [2.75, 3.05) is 0 Å². The molecule has 78 valence electrons. The average Bonchev–Trinajstić information content (AvgIpc) is 2.17. The second-order valence-electron chi connectivity index (χ2n) is 3.62. The van der Waals surface area contributed by atoms with E-state index in [1.807, 2.05) is 26.0 Å². The fourth-order valence-corrected chi connectivity index (χ4v) is 1.15. The highest BCUT2D eigenvalue weighted by Crippen LogP contribution is 2.14. The van der Waals surface area contributed by atoms with Gasteiger partial charge in [0, 0.05) is 0 Å². The lowest BCUT2D eigenvalue weighted by molar-refractivity contribution is -0.234. The molecule has 0 atom stereocenters. The fourth-order valence-electron chi connectivity index (χ4n) is 1.15. The van der Waals surface area contributed by atoms with Crippen molar-refractivity contribution in [2.45, 2.75) is 39.7 Å². The molecule has 2 heteroatoms. The van der Waals surface area contributed by atoms with Gasteiger partial charge in [0.1, 0.15) is 0 Å². The summed E-state index contributed by atoms with van der Waals surface area (Å²) < 4.78 is 0. The maximum atomic E-state index is 5.10. The van der Waals surface area contributed by atoms with E-state index in [1.54, 1.807) is 0 Å². The fraction of sp³-hybridized carbons (Fsp3) is 0.500. The van der Waals surface area contributed by atoms with Gasteiger partial charge in [0.2, 0.25) is 0 Å². The normalized spacial score (nSPS) is 10.6. The highest BCUT2D eigenvalue weighted by atomic mass is 17.2. The second kappa shape index (κ2) is 5.66. The first kappa shape index (κ1) is 11.1. The topological polar surface area (TPSA) is 18.5 Å². The zero-order valence-corrected chi connectivity index (χ0v) is 9.12. The Morgan fingerprint density at radius 3 is 2.29 bits per heavy atom. The van der Waals surface area contributed by atoms with Crippen LogP contribution in [-0.2, 0) is 11.3 Å². The third-order valence-electron chi connectivity index (χ3n) is 1.80. The third kappa shape index (κ3) is 3.79. The summed E-state index contributed by atoms with van der Waals surface area (Å²) in [4.78, 5) is 10.1. The Labute approximate surface area is 85.8 Å². The van der Waals surface area contributed by atoms with E-state index < -0.39 is 0 Å². The maximum absolute atomic E-state index is 5.10. The highest BCUT2D eigenvalue weighted by Gasteiger charge is 1.97. The SMILES string of the molecule is CCCc1ccc(OOC(C)C)cc1. The largest absolute Gasteiger partial charge is 0.337 e. The molecule has 0 unspecified atom stereocenters. The molecule has 0 aliphatic rings. The van der Waals surface area contributed by atoms with Crippen LogP contribution in [-0.4, -0.2) is 6.10 Å². The molecule has 0 heterocycles. The molecule has 0 radical (unpaired) electrons. The molecule has 0 saturated carbocycles. The third-order valence-corrected chi connectivity index (χ3v) is 1.80. The van der Waals surface area contributed by atoms with Gasteiger partial charge in [-0.2, -0.15) is 4.89 Å². The maximum Gasteiger partial charge on any atom is 0.165 e. The smallest absolute Gasteiger partial charge is 0.165 e. The van der Waals surface area contributed by atoms with Crippen LogP contribution < -0.4 is 4.89 Å². The van der Waals surface area contributed by atoms with E-state index in [0.717, 1.165) is 12.2 Å². The predicted molar refractivity (Wildman–Crippen MR) is 57.3 cm³/mol. The molecule has 1 aromatic rings. The lowest BCUT2D eigenvalue weighted by Gasteiger charge is -2.07. The van der Waals surface area contributed by atoms with Crippen LogP contribution in [0.4, 0.5) is 0 Å². The number of benzene rings is 1. The lowest BCUT2D eigenvalue weighted by atomic mass is 10.1. The Kier molecular flexibility index (Phi) is 4.47. The molecule has 0 fully saturated rings. The summed E-state index contributed by atoms with van der Waals surface area (Å²) in [7, 11) is 0. The number of hydrogen-bond acceptors (Lipinski definition) is 2. The van der Waals surface area contributed by atoms with Gasteiger partial charge in [0.05, 0.1) is 6.10 Å². The molecule has 14 heavy (non-hydrogen) atoms. The van der Waals surface area contributed by atoms with E-state index >= 15 is 0 Å². The quantitative estimate of drug-likeness (QED) is 0.528. The Hall–Kier alpha value is -1.02. The van der Waals surface area contributed by atoms with Gasteiger partial charge < -0.3 is 4.89 Å². The van der Waals surface area contributed by atoms with Crippen molar-refractivity contribution in [3.63, 3.8) is 0 Å². The summed E-state index contributed by atoms with van der Waals surface area (Å²) in [5.74, 6) is 0.763. The van der Waals surface area contributed by atoms with Crippen LogP contribution in [0.3, 0.4) is 0 Å². The van der Waals surface area contributed by atoms with Crippen molar-refractivity contribution >= 4 is 0 Å². The van der Waals surface area contributed by atoms with Crippen LogP contribution in [0.5, 0.6) is 5.75 Å². The van der Waals surface area contributed by atoms with Crippen LogP contribution in [0.25, 0.3) is 0 Å². The van der Waals surface area contributed by atoms with E-state index in [1.165, 1.54) is 12.0 Å². The van der Waals surface area contributed by atoms with Gasteiger partial charge in [-0.15, -0.1) is 0 Å². The Bertz CT molecular complexity index is 252. The van der Waals surface area contributed by atoms with Crippen molar-refractivity contribution in [2.24, 2.45) is 0 Å². The van der Waals surface area contributed by atoms with Crippen LogP contribution in [0.15, 0.2) is 24.3 Å². The first-order valence-corrected chi connectivity index (χ1v) is 5.14. The summed E-state index contributed by atoms with van der Waals surface area (Å²) in [5, 5.41) is 0. The first-order chi connectivity index (χ1) is 6.72. The van der Waals surface area contributed by atoms with E-state index in [2.05, 4.69) is 19.1 Å². The molecule has 0 aromatic heterocycles. The van der Waals surface area contributed by atoms with Gasteiger partial charge in [-0.1, -0.05) is 25.5 Å². The molecular formula is C12H18O2. The Morgan fingerprint density at radius 2 is 1.79 bits per heavy atom. The zero-order chi connectivity index (χ0) is 10.4. The van der Waals surface area contributed by atoms with E-state index in [9.17, 15) is 0 Å². The number of hydrogen-bond donors (Lipinski definition) is 0. The summed E-state index contributed by atoms with van der Waals surface area (Å²) in [6.07, 6.45) is 2.37. The molecule has 1 rings (SSSR count). The summed E-state index contributed by atoms with van der Waals surface area (Å²) in [5.41, 5.74) is 1.34. The Balaban J connectivity index is 2.46. The van der Waals surface area contributed by atoms with Gasteiger partial charge in [-0.25, -0.2) is 0 Å². The highest BCUT2D eigenvalue weighted by molar-refractivity contribution is 5.26. The Morgan fingerprint density at radius 1 is 1.14 bits per heavy atom. The van der Waals surface area contributed by atoms with Gasteiger partial charge in [0.25, 0.3) is 0 Å². The van der Waals surface area contributed by atoms with Crippen molar-refractivity contribution in [1.82, 2.24) is 0 Å². The molecule has 1 aromatic carbocycles. The van der Waals surface area contributed by atoms with Crippen molar-refractivity contribution < 1.29 is 9.78 Å². The first-order valence-electron chi connectivity index (χ1n) is 5.14. The number of aryl methyl sites for hydroxylation is 1. The molecule has 0 aliphatic carbocycles. The minimum Gasteiger partial charge on any atom is -0.337 e. The molecule has 0 spiro atoms. The molecule has 0 bridgehead atoms. The minimum atomic E-state index is 0.0883. The molecule has 2 nitrogen and oxygen atoms in total. The van der Waals surface area contributed by atoms with Crippen LogP contribution in [0.1, 0.15) is 32.8 Å². The molecule has 0 N–H and O–H groups in total. The molecular weight excluding hydrogens is 176 g/mol. The average molecular weight is 194 g/mol. The van der Waals surface area contributed by atoms with E-state index in [0.29, 0.717) is 0 Å². The van der Waals surface area contributed by atoms with Crippen molar-refractivity contribution in [3.8, 4) is 5.75 Å². The zero-order valence-electron chi connectivity index (χ0n) is 9.12. The van der Waals surface area contributed by atoms with Gasteiger partial charge in [0.15, 0.2) is 5.75 Å². The lowest BCUT2D eigenvalue weighted by Crippen LogP contribution is -2.05. The molecule has 0 saturated heterocycles. The monoisotopic (exact) mass is 194 g/mol. The summed E-state index contributed by atoms with van der Waals surface area (Å²) in [6.45, 7) is 6.04. The van der Waals surface area contributed by atoms with Crippen LogP contribution in [0.2, 0.25) is 0 Å². The standard InChI is InChI=1S/C12H18O2/c1-4-5-11-6-8-12(9-7-11)14-13-10(2)3/h6-10H,4-5H2,1-3H3. The number of rotatable bonds is 5. The van der Waals surface area contributed by atoms with Gasteiger partial charge in [-0.3, -0.25) is 0 Å². The predicted octanol–water partition coefficient (Wildman–Crippen LogP) is 3.36. The van der Waals surface area contributed by atoms with E-state index in [-0.39, 0.29) is 6.10 Å². The van der Waals surface area contributed by atoms with Crippen molar-refractivity contribution in [1.29, 1.82) is 0 Å².